The van der Waals surface area contributed by atoms with Crippen LogP contribution in [-0.4, -0.2) is 18.6 Å². The maximum atomic E-state index is 12.2. The Hall–Kier alpha value is -1.29. The first-order valence-corrected chi connectivity index (χ1v) is 9.56. The third-order valence-electron chi connectivity index (χ3n) is 2.40. The highest BCUT2D eigenvalue weighted by Crippen LogP contribution is 2.30. The molecule has 0 fully saturated rings. The average molecular weight is 343 g/mol. The van der Waals surface area contributed by atoms with Gasteiger partial charge in [-0.25, -0.2) is 8.42 Å². The second-order valence-corrected chi connectivity index (χ2v) is 8.85. The van der Waals surface area contributed by atoms with Gasteiger partial charge in [0.15, 0.2) is 0 Å². The largest absolute Gasteiger partial charge is 0.273 e. The predicted molar refractivity (Wildman–Crippen MR) is 83.1 cm³/mol. The Morgan fingerprint density at radius 3 is 2.65 bits per heavy atom. The van der Waals surface area contributed by atoms with Crippen molar-refractivity contribution in [3.8, 4) is 10.6 Å². The van der Waals surface area contributed by atoms with Gasteiger partial charge >= 0.3 is 0 Å². The zero-order chi connectivity index (χ0) is 14.2. The maximum absolute atomic E-state index is 12.2. The van der Waals surface area contributed by atoms with E-state index in [9.17, 15) is 8.42 Å². The van der Waals surface area contributed by atoms with Crippen LogP contribution >= 0.6 is 34.0 Å². The molecule has 0 saturated heterocycles. The molecule has 0 aliphatic rings. The lowest BCUT2D eigenvalue weighted by molar-refractivity contribution is 0.603. The summed E-state index contributed by atoms with van der Waals surface area (Å²) in [7, 11) is -3.57. The highest BCUT2D eigenvalue weighted by atomic mass is 32.2. The molecule has 20 heavy (non-hydrogen) atoms. The Balaban J connectivity index is 1.85. The molecular formula is C11H9N3O2S4. The van der Waals surface area contributed by atoms with Gasteiger partial charge in [0, 0.05) is 15.8 Å². The predicted octanol–water partition coefficient (Wildman–Crippen LogP) is 3.44. The van der Waals surface area contributed by atoms with E-state index in [1.54, 1.807) is 23.5 Å². The molecule has 0 aliphatic carbocycles. The molecule has 1 N–H and O–H groups in total. The Kier molecular flexibility index (Phi) is 3.59. The van der Waals surface area contributed by atoms with Crippen LogP contribution in [0.3, 0.4) is 0 Å². The summed E-state index contributed by atoms with van der Waals surface area (Å²) in [5.41, 5.74) is 0.949. The van der Waals surface area contributed by atoms with Crippen LogP contribution in [0, 0.1) is 6.92 Å². The van der Waals surface area contributed by atoms with Crippen molar-refractivity contribution in [2.45, 2.75) is 11.1 Å². The summed E-state index contributed by atoms with van der Waals surface area (Å²) >= 11 is 4.00. The van der Waals surface area contributed by atoms with E-state index in [-0.39, 0.29) is 9.34 Å². The minimum Gasteiger partial charge on any atom is -0.252 e. The van der Waals surface area contributed by atoms with Crippen LogP contribution in [0.15, 0.2) is 33.2 Å². The van der Waals surface area contributed by atoms with Crippen LogP contribution in [0.5, 0.6) is 0 Å². The lowest BCUT2D eigenvalue weighted by atomic mass is 10.4. The molecule has 0 radical (unpaired) electrons. The van der Waals surface area contributed by atoms with Crippen LogP contribution in [0.25, 0.3) is 10.6 Å². The zero-order valence-corrected chi connectivity index (χ0v) is 13.5. The minimum absolute atomic E-state index is 0.275. The first-order valence-electron chi connectivity index (χ1n) is 5.50. The number of anilines is 1. The third-order valence-corrected chi connectivity index (χ3v) is 6.93. The molecule has 3 heterocycles. The normalized spacial score (nSPS) is 11.7. The number of rotatable bonds is 4. The minimum atomic E-state index is -3.57. The van der Waals surface area contributed by atoms with Crippen molar-refractivity contribution in [3.63, 3.8) is 0 Å². The molecule has 0 amide bonds. The van der Waals surface area contributed by atoms with Crippen LogP contribution < -0.4 is 4.72 Å². The second-order valence-electron chi connectivity index (χ2n) is 3.89. The van der Waals surface area contributed by atoms with Gasteiger partial charge in [0.2, 0.25) is 5.13 Å². The summed E-state index contributed by atoms with van der Waals surface area (Å²) in [6.07, 6.45) is 0. The molecule has 0 spiro atoms. The Labute approximate surface area is 128 Å². The van der Waals surface area contributed by atoms with Gasteiger partial charge in [-0.15, -0.1) is 21.5 Å². The standard InChI is InChI=1S/C11H9N3O2S4/c1-7-2-3-9(18-7)20(15,16)14-11-13-12-10(19-11)8-4-5-17-6-8/h2-6H,1H3,(H,13,14). The molecule has 0 aliphatic heterocycles. The molecule has 5 nitrogen and oxygen atoms in total. The van der Waals surface area contributed by atoms with Crippen molar-refractivity contribution in [1.82, 2.24) is 10.2 Å². The van der Waals surface area contributed by atoms with Crippen molar-refractivity contribution in [2.75, 3.05) is 4.72 Å². The summed E-state index contributed by atoms with van der Waals surface area (Å²) in [6, 6.07) is 5.28. The van der Waals surface area contributed by atoms with E-state index in [1.807, 2.05) is 23.8 Å². The Morgan fingerprint density at radius 1 is 1.15 bits per heavy atom. The lowest BCUT2D eigenvalue weighted by Gasteiger charge is -2.00. The summed E-state index contributed by atoms with van der Waals surface area (Å²) in [5, 5.41) is 12.7. The number of sulfonamides is 1. The molecule has 0 bridgehead atoms. The van der Waals surface area contributed by atoms with Gasteiger partial charge in [0.1, 0.15) is 9.22 Å². The van der Waals surface area contributed by atoms with Crippen LogP contribution in [0.4, 0.5) is 5.13 Å². The summed E-state index contributed by atoms with van der Waals surface area (Å²) in [6.45, 7) is 1.86. The topological polar surface area (TPSA) is 72.0 Å². The molecule has 3 aromatic heterocycles. The van der Waals surface area contributed by atoms with E-state index in [0.29, 0.717) is 5.01 Å². The molecule has 0 atom stereocenters. The first kappa shape index (κ1) is 13.7. The molecule has 3 rings (SSSR count). The summed E-state index contributed by atoms with van der Waals surface area (Å²) < 4.78 is 27.0. The molecule has 0 saturated carbocycles. The van der Waals surface area contributed by atoms with E-state index in [1.165, 1.54) is 22.7 Å². The monoisotopic (exact) mass is 343 g/mol. The maximum Gasteiger partial charge on any atom is 0.273 e. The Bertz CT molecular complexity index is 818. The molecule has 3 aromatic rings. The van der Waals surface area contributed by atoms with Crippen LogP contribution in [0.1, 0.15) is 4.88 Å². The SMILES string of the molecule is Cc1ccc(S(=O)(=O)Nc2nnc(-c3ccsc3)s2)s1. The molecule has 0 unspecified atom stereocenters. The highest BCUT2D eigenvalue weighted by Gasteiger charge is 2.19. The Morgan fingerprint density at radius 2 is 2.00 bits per heavy atom. The van der Waals surface area contributed by atoms with Crippen LogP contribution in [-0.2, 0) is 10.0 Å². The first-order chi connectivity index (χ1) is 9.54. The van der Waals surface area contributed by atoms with Gasteiger partial charge < -0.3 is 0 Å². The quantitative estimate of drug-likeness (QED) is 0.788. The van der Waals surface area contributed by atoms with Crippen molar-refractivity contribution in [1.29, 1.82) is 0 Å². The van der Waals surface area contributed by atoms with Gasteiger partial charge in [-0.2, -0.15) is 11.3 Å². The molecular weight excluding hydrogens is 334 g/mol. The van der Waals surface area contributed by atoms with Crippen molar-refractivity contribution < 1.29 is 8.42 Å². The van der Waals surface area contributed by atoms with E-state index < -0.39 is 10.0 Å². The number of aromatic nitrogens is 2. The van der Waals surface area contributed by atoms with E-state index >= 15 is 0 Å². The zero-order valence-electron chi connectivity index (χ0n) is 10.2. The van der Waals surface area contributed by atoms with Gasteiger partial charge in [-0.05, 0) is 30.5 Å². The number of thiophene rings is 2. The summed E-state index contributed by atoms with van der Waals surface area (Å²) in [5.74, 6) is 0. The molecule has 104 valence electrons. The smallest absolute Gasteiger partial charge is 0.252 e. The van der Waals surface area contributed by atoms with Gasteiger partial charge in [-0.3, -0.25) is 4.72 Å². The van der Waals surface area contributed by atoms with Crippen LogP contribution in [0.2, 0.25) is 0 Å². The number of hydrogen-bond donors (Lipinski definition) is 1. The number of hydrogen-bond acceptors (Lipinski definition) is 7. The van der Waals surface area contributed by atoms with Crippen molar-refractivity contribution >= 4 is 49.2 Å². The van der Waals surface area contributed by atoms with Crippen molar-refractivity contribution in [2.24, 2.45) is 0 Å². The van der Waals surface area contributed by atoms with E-state index in [2.05, 4.69) is 14.9 Å². The average Bonchev–Trinajstić information content (AvgIpc) is 3.06. The second kappa shape index (κ2) is 5.24. The van der Waals surface area contributed by atoms with Gasteiger partial charge in [0.05, 0.1) is 0 Å². The molecule has 0 aromatic carbocycles. The number of nitrogens with one attached hydrogen (secondary N) is 1. The highest BCUT2D eigenvalue weighted by molar-refractivity contribution is 7.94. The van der Waals surface area contributed by atoms with E-state index in [0.717, 1.165) is 10.4 Å². The van der Waals surface area contributed by atoms with E-state index in [4.69, 9.17) is 0 Å². The number of aryl methyl sites for hydroxylation is 1. The number of nitrogens with zero attached hydrogens (tertiary/aromatic N) is 2. The van der Waals surface area contributed by atoms with Crippen molar-refractivity contribution in [3.05, 3.63) is 33.8 Å². The van der Waals surface area contributed by atoms with Gasteiger partial charge in [0.25, 0.3) is 10.0 Å². The third kappa shape index (κ3) is 2.75. The fourth-order valence-corrected chi connectivity index (χ4v) is 5.46. The lowest BCUT2D eigenvalue weighted by Crippen LogP contribution is -2.11. The van der Waals surface area contributed by atoms with Gasteiger partial charge in [-0.1, -0.05) is 11.3 Å². The summed E-state index contributed by atoms with van der Waals surface area (Å²) in [4.78, 5) is 0.946. The fraction of sp³-hybridized carbons (Fsp3) is 0.0909. The fourth-order valence-electron chi connectivity index (χ4n) is 1.49. The molecule has 9 heteroatoms.